The van der Waals surface area contributed by atoms with Gasteiger partial charge in [0.2, 0.25) is 0 Å². The van der Waals surface area contributed by atoms with Gasteiger partial charge in [-0.3, -0.25) is 18.6 Å². The third-order valence-electron chi connectivity index (χ3n) is 9.17. The number of hydrogen-bond acceptors (Lipinski definition) is 10. The molecular weight excluding hydrogens is 745 g/mol. The largest absolute Gasteiger partial charge is 0.472 e. The smallest absolute Gasteiger partial charge is 0.466 e. The number of phosphoric ester groups is 1. The van der Waals surface area contributed by atoms with Crippen molar-refractivity contribution in [1.29, 1.82) is 0 Å². The van der Waals surface area contributed by atoms with E-state index in [0.717, 1.165) is 82.1 Å². The van der Waals surface area contributed by atoms with Crippen molar-refractivity contribution in [2.75, 3.05) is 26.4 Å². The molecule has 1 aromatic heterocycles. The van der Waals surface area contributed by atoms with Crippen LogP contribution in [0, 0.1) is 13.8 Å². The molecule has 1 heterocycles. The van der Waals surface area contributed by atoms with Crippen molar-refractivity contribution >= 4 is 19.8 Å². The van der Waals surface area contributed by atoms with Gasteiger partial charge in [0.15, 0.2) is 6.10 Å². The van der Waals surface area contributed by atoms with Crippen molar-refractivity contribution in [3.05, 3.63) is 83.4 Å². The van der Waals surface area contributed by atoms with Crippen LogP contribution in [0.15, 0.2) is 65.2 Å². The first-order chi connectivity index (χ1) is 27.5. The van der Waals surface area contributed by atoms with Crippen LogP contribution in [0.1, 0.15) is 146 Å². The Hall–Kier alpha value is -3.05. The predicted octanol–water partition coefficient (Wildman–Crippen LogP) is 10.3. The molecule has 0 aliphatic carbocycles. The summed E-state index contributed by atoms with van der Waals surface area (Å²) >= 11 is 0. The molecule has 0 spiro atoms. The summed E-state index contributed by atoms with van der Waals surface area (Å²) in [5.74, 6) is 1.33. The first kappa shape index (κ1) is 52.0. The summed E-state index contributed by atoms with van der Waals surface area (Å²) in [6.07, 6.45) is 34.5. The van der Waals surface area contributed by atoms with E-state index >= 15 is 0 Å². The van der Waals surface area contributed by atoms with Crippen LogP contribution < -0.4 is 5.73 Å². The highest BCUT2D eigenvalue weighted by Crippen LogP contribution is 2.43. The number of rotatable bonds is 35. The number of unbranched alkanes of at least 4 members (excludes halogenated alkanes) is 8. The lowest BCUT2D eigenvalue weighted by atomic mass is 10.0. The first-order valence-corrected chi connectivity index (χ1v) is 22.7. The van der Waals surface area contributed by atoms with Crippen LogP contribution in [-0.4, -0.2) is 60.5 Å². The average Bonchev–Trinajstić information content (AvgIpc) is 3.45. The Morgan fingerprint density at radius 1 is 0.754 bits per heavy atom. The molecule has 0 aromatic carbocycles. The van der Waals surface area contributed by atoms with Crippen LogP contribution in [0.25, 0.3) is 0 Å². The van der Waals surface area contributed by atoms with Crippen molar-refractivity contribution in [3.8, 4) is 0 Å². The standard InChI is InChI=1S/C45H74NO10P/c1-5-7-29-40(47)30-24-20-16-12-10-8-9-11-13-19-23-27-33-45(49)55-41(37-54-57(50,51)53-35-34-46)36-52-44(48)32-26-22-18-15-14-17-21-25-31-43-39(4)38(3)42(56-43)28-6-2/h7-9,12-13,16,19-20,24,29,40-41,47H,5-6,10-11,14-15,17-18,21-23,25-28,30-37,46H2,1-4H3,(H,50,51)/b9-8-,16-12-,19-13-,24-20+,29-7-/t40?,41-/m1/s1. The Labute approximate surface area is 343 Å². The minimum absolute atomic E-state index is 0.0283. The summed E-state index contributed by atoms with van der Waals surface area (Å²) in [4.78, 5) is 34.9. The van der Waals surface area contributed by atoms with Crippen LogP contribution in [0.2, 0.25) is 0 Å². The maximum Gasteiger partial charge on any atom is 0.472 e. The van der Waals surface area contributed by atoms with Crippen LogP contribution in [0.5, 0.6) is 0 Å². The lowest BCUT2D eigenvalue weighted by Gasteiger charge is -2.19. The number of aliphatic hydroxyl groups excluding tert-OH is 1. The predicted molar refractivity (Wildman–Crippen MR) is 229 cm³/mol. The van der Waals surface area contributed by atoms with E-state index in [0.29, 0.717) is 25.7 Å². The first-order valence-electron chi connectivity index (χ1n) is 21.2. The number of ether oxygens (including phenoxy) is 2. The summed E-state index contributed by atoms with van der Waals surface area (Å²) in [7, 11) is -4.42. The number of aliphatic hydroxyl groups is 1. The molecule has 324 valence electrons. The van der Waals surface area contributed by atoms with Crippen molar-refractivity contribution in [2.45, 2.75) is 162 Å². The van der Waals surface area contributed by atoms with Crippen LogP contribution in [0.3, 0.4) is 0 Å². The van der Waals surface area contributed by atoms with Gasteiger partial charge in [-0.15, -0.1) is 0 Å². The SMILES string of the molecule is CC/C=C\C(O)C/C=C/C=C\C/C=C\C/C=C\CCCC(=O)O[C@H](COC(=O)CCCCCCCCCCc1oc(CCC)c(C)c1C)COP(=O)(O)OCCN. The quantitative estimate of drug-likeness (QED) is 0.0196. The molecule has 11 nitrogen and oxygen atoms in total. The van der Waals surface area contributed by atoms with Crippen molar-refractivity contribution in [1.82, 2.24) is 0 Å². The van der Waals surface area contributed by atoms with Crippen LogP contribution >= 0.6 is 7.82 Å². The molecule has 0 saturated heterocycles. The van der Waals surface area contributed by atoms with Crippen molar-refractivity contribution in [3.63, 3.8) is 0 Å². The van der Waals surface area contributed by atoms with Gasteiger partial charge in [0.25, 0.3) is 0 Å². The molecule has 2 unspecified atom stereocenters. The minimum atomic E-state index is -4.42. The van der Waals surface area contributed by atoms with E-state index in [1.54, 1.807) is 0 Å². The van der Waals surface area contributed by atoms with E-state index in [1.165, 1.54) is 24.0 Å². The number of carbonyl (C=O) groups excluding carboxylic acids is 2. The fraction of sp³-hybridized carbons (Fsp3) is 0.644. The number of aryl methyl sites for hydroxylation is 2. The number of nitrogens with two attached hydrogens (primary N) is 1. The van der Waals surface area contributed by atoms with E-state index in [9.17, 15) is 24.2 Å². The Bertz CT molecular complexity index is 1410. The number of carbonyl (C=O) groups is 2. The molecule has 0 fully saturated rings. The van der Waals surface area contributed by atoms with Gasteiger partial charge in [0.1, 0.15) is 18.1 Å². The van der Waals surface area contributed by atoms with E-state index in [1.807, 2.05) is 55.5 Å². The molecule has 57 heavy (non-hydrogen) atoms. The summed E-state index contributed by atoms with van der Waals surface area (Å²) in [6.45, 7) is 7.60. The van der Waals surface area contributed by atoms with E-state index < -0.39 is 38.6 Å². The molecule has 3 atom stereocenters. The highest BCUT2D eigenvalue weighted by molar-refractivity contribution is 7.47. The Kier molecular flexibility index (Phi) is 30.9. The van der Waals surface area contributed by atoms with Gasteiger partial charge in [0.05, 0.1) is 19.3 Å². The van der Waals surface area contributed by atoms with Gasteiger partial charge in [-0.1, -0.05) is 113 Å². The third kappa shape index (κ3) is 28.1. The molecule has 1 rings (SSSR count). The maximum atomic E-state index is 12.6. The molecule has 0 amide bonds. The van der Waals surface area contributed by atoms with Crippen LogP contribution in [-0.2, 0) is 45.5 Å². The average molecular weight is 820 g/mol. The molecule has 0 aliphatic heterocycles. The maximum absolute atomic E-state index is 12.6. The molecule has 1 aromatic rings. The number of furan rings is 1. The zero-order chi connectivity index (χ0) is 42.0. The molecular formula is C45H74NO10P. The summed E-state index contributed by atoms with van der Waals surface area (Å²) in [5, 5.41) is 9.76. The molecule has 0 saturated carbocycles. The second-order valence-electron chi connectivity index (χ2n) is 14.3. The number of allylic oxidation sites excluding steroid dienone is 8. The third-order valence-corrected chi connectivity index (χ3v) is 10.1. The topological polar surface area (TPSA) is 168 Å². The van der Waals surface area contributed by atoms with Gasteiger partial charge >= 0.3 is 19.8 Å². The van der Waals surface area contributed by atoms with Crippen molar-refractivity contribution in [2.24, 2.45) is 5.73 Å². The highest BCUT2D eigenvalue weighted by atomic mass is 31.2. The molecule has 0 aliphatic rings. The zero-order valence-corrected chi connectivity index (χ0v) is 36.3. The fourth-order valence-electron chi connectivity index (χ4n) is 5.79. The second-order valence-corrected chi connectivity index (χ2v) is 15.7. The van der Waals surface area contributed by atoms with Gasteiger partial charge < -0.3 is 29.6 Å². The van der Waals surface area contributed by atoms with E-state index in [4.69, 9.17) is 28.7 Å². The van der Waals surface area contributed by atoms with Gasteiger partial charge in [0, 0.05) is 32.2 Å². The highest BCUT2D eigenvalue weighted by Gasteiger charge is 2.26. The van der Waals surface area contributed by atoms with Gasteiger partial charge in [-0.25, -0.2) is 4.57 Å². The number of esters is 2. The Morgan fingerprint density at radius 2 is 1.37 bits per heavy atom. The normalized spacial score (nSPS) is 14.4. The van der Waals surface area contributed by atoms with E-state index in [-0.39, 0.29) is 32.6 Å². The molecule has 0 radical (unpaired) electrons. The van der Waals surface area contributed by atoms with Gasteiger partial charge in [-0.2, -0.15) is 0 Å². The Morgan fingerprint density at radius 3 is 2.05 bits per heavy atom. The molecule has 0 bridgehead atoms. The number of phosphoric acid groups is 1. The summed E-state index contributed by atoms with van der Waals surface area (Å²) < 4.78 is 38.8. The molecule has 4 N–H and O–H groups in total. The van der Waals surface area contributed by atoms with Crippen molar-refractivity contribution < 1.29 is 47.1 Å². The lowest BCUT2D eigenvalue weighted by molar-refractivity contribution is -0.161. The summed E-state index contributed by atoms with van der Waals surface area (Å²) in [5.41, 5.74) is 7.95. The summed E-state index contributed by atoms with van der Waals surface area (Å²) in [6, 6.07) is 0. The zero-order valence-electron chi connectivity index (χ0n) is 35.4. The fourth-order valence-corrected chi connectivity index (χ4v) is 6.56. The lowest BCUT2D eigenvalue weighted by Crippen LogP contribution is -2.29. The number of hydrogen-bond donors (Lipinski definition) is 3. The van der Waals surface area contributed by atoms with Crippen LogP contribution in [0.4, 0.5) is 0 Å². The minimum Gasteiger partial charge on any atom is -0.466 e. The Balaban J connectivity index is 2.31. The second kappa shape index (κ2) is 33.9. The van der Waals surface area contributed by atoms with E-state index in [2.05, 4.69) is 32.9 Å². The molecule has 12 heteroatoms. The van der Waals surface area contributed by atoms with Gasteiger partial charge in [-0.05, 0) is 82.8 Å². The monoisotopic (exact) mass is 820 g/mol.